The maximum Gasteiger partial charge on any atom is 0.317 e. The van der Waals surface area contributed by atoms with Gasteiger partial charge in [-0.25, -0.2) is 9.78 Å². The van der Waals surface area contributed by atoms with Crippen molar-refractivity contribution in [3.8, 4) is 0 Å². The molecule has 3 fully saturated rings. The van der Waals surface area contributed by atoms with Gasteiger partial charge in [0.15, 0.2) is 11.5 Å². The summed E-state index contributed by atoms with van der Waals surface area (Å²) in [6, 6.07) is 6.31. The molecule has 3 aliphatic rings. The van der Waals surface area contributed by atoms with Crippen molar-refractivity contribution in [3.05, 3.63) is 29.7 Å². The van der Waals surface area contributed by atoms with Gasteiger partial charge in [-0.15, -0.1) is 0 Å². The van der Waals surface area contributed by atoms with E-state index < -0.39 is 0 Å². The van der Waals surface area contributed by atoms with Gasteiger partial charge >= 0.3 is 6.03 Å². The minimum Gasteiger partial charge on any atom is -0.440 e. The van der Waals surface area contributed by atoms with Crippen molar-refractivity contribution in [2.75, 3.05) is 19.6 Å². The largest absolute Gasteiger partial charge is 0.440 e. The number of carbonyl (C=O) groups excluding carboxylic acids is 2. The summed E-state index contributed by atoms with van der Waals surface area (Å²) in [5.41, 5.74) is 2.87. The maximum atomic E-state index is 12.6. The molecule has 2 saturated heterocycles. The number of nitrogens with zero attached hydrogens (tertiary/aromatic N) is 3. The number of nitrogens with one attached hydrogen (secondary N) is 1. The lowest BCUT2D eigenvalue weighted by Crippen LogP contribution is -2.48. The van der Waals surface area contributed by atoms with Gasteiger partial charge in [0.25, 0.3) is 0 Å². The number of oxazole rings is 1. The minimum atomic E-state index is -0.0571. The summed E-state index contributed by atoms with van der Waals surface area (Å²) in [5, 5.41) is 3.06. The molecule has 3 heterocycles. The predicted octanol–water partition coefficient (Wildman–Crippen LogP) is 2.79. The SMILES string of the molecule is Cc1cccc2nc(C3CCN(C(=O)NC4CC(=O)N(C5CC5)C4)CC3)oc12. The van der Waals surface area contributed by atoms with E-state index in [1.165, 1.54) is 0 Å². The Balaban J connectivity index is 1.17. The van der Waals surface area contributed by atoms with E-state index in [4.69, 9.17) is 4.42 Å². The zero-order valence-corrected chi connectivity index (χ0v) is 16.2. The van der Waals surface area contributed by atoms with Crippen LogP contribution in [-0.4, -0.2) is 58.4 Å². The summed E-state index contributed by atoms with van der Waals surface area (Å²) in [6.45, 7) is 4.05. The number of benzene rings is 1. The lowest BCUT2D eigenvalue weighted by atomic mass is 9.97. The molecule has 1 N–H and O–H groups in total. The normalized spacial score (nSPS) is 23.6. The highest BCUT2D eigenvalue weighted by atomic mass is 16.3. The summed E-state index contributed by atoms with van der Waals surface area (Å²) in [6.07, 6.45) is 4.33. The fourth-order valence-corrected chi connectivity index (χ4v) is 4.44. The molecule has 0 bridgehead atoms. The molecule has 1 atom stereocenters. The van der Waals surface area contributed by atoms with Gasteiger partial charge in [0, 0.05) is 38.0 Å². The first-order valence-electron chi connectivity index (χ1n) is 10.3. The Labute approximate surface area is 164 Å². The van der Waals surface area contributed by atoms with E-state index in [0.717, 1.165) is 48.2 Å². The smallest absolute Gasteiger partial charge is 0.317 e. The molecular formula is C21H26N4O3. The second-order valence-electron chi connectivity index (χ2n) is 8.36. The number of aryl methyl sites for hydroxylation is 1. The van der Waals surface area contributed by atoms with Gasteiger partial charge in [0.05, 0.1) is 6.04 Å². The standard InChI is InChI=1S/C21H26N4O3/c1-13-3-2-4-17-19(13)28-20(23-17)14-7-9-24(10-8-14)21(27)22-15-11-18(26)25(12-15)16-5-6-16/h2-4,14-16H,5-12H2,1H3,(H,22,27). The minimum absolute atomic E-state index is 0.0534. The van der Waals surface area contributed by atoms with Gasteiger partial charge in [-0.2, -0.15) is 0 Å². The Morgan fingerprint density at radius 1 is 1.21 bits per heavy atom. The molecule has 1 aromatic heterocycles. The summed E-state index contributed by atoms with van der Waals surface area (Å²) in [4.78, 5) is 33.1. The Morgan fingerprint density at radius 3 is 2.71 bits per heavy atom. The van der Waals surface area contributed by atoms with Crippen molar-refractivity contribution in [2.45, 2.75) is 57.0 Å². The van der Waals surface area contributed by atoms with Crippen LogP contribution in [0.3, 0.4) is 0 Å². The van der Waals surface area contributed by atoms with Gasteiger partial charge in [-0.1, -0.05) is 12.1 Å². The molecule has 3 amide bonds. The third-order valence-corrected chi connectivity index (χ3v) is 6.23. The molecule has 7 heteroatoms. The third-order valence-electron chi connectivity index (χ3n) is 6.23. The summed E-state index contributed by atoms with van der Waals surface area (Å²) < 4.78 is 6.02. The van der Waals surface area contributed by atoms with Gasteiger partial charge < -0.3 is 19.5 Å². The van der Waals surface area contributed by atoms with E-state index in [1.54, 1.807) is 0 Å². The number of piperidine rings is 1. The van der Waals surface area contributed by atoms with Crippen LogP contribution < -0.4 is 5.32 Å². The number of para-hydroxylation sites is 1. The molecule has 7 nitrogen and oxygen atoms in total. The number of hydrogen-bond donors (Lipinski definition) is 1. The molecule has 2 aromatic rings. The number of rotatable bonds is 3. The topological polar surface area (TPSA) is 78.7 Å². The first-order chi connectivity index (χ1) is 13.6. The van der Waals surface area contributed by atoms with Gasteiger partial charge in [0.2, 0.25) is 5.91 Å². The van der Waals surface area contributed by atoms with Crippen LogP contribution in [-0.2, 0) is 4.79 Å². The molecule has 2 aliphatic heterocycles. The van der Waals surface area contributed by atoms with Gasteiger partial charge in [-0.05, 0) is 44.2 Å². The van der Waals surface area contributed by atoms with Crippen molar-refractivity contribution in [1.29, 1.82) is 0 Å². The first kappa shape index (κ1) is 17.5. The monoisotopic (exact) mass is 382 g/mol. The van der Waals surface area contributed by atoms with Crippen molar-refractivity contribution in [2.24, 2.45) is 0 Å². The van der Waals surface area contributed by atoms with Crippen LogP contribution >= 0.6 is 0 Å². The van der Waals surface area contributed by atoms with Crippen LogP contribution in [0.5, 0.6) is 0 Å². The van der Waals surface area contributed by atoms with Crippen LogP contribution in [0.4, 0.5) is 4.79 Å². The number of likely N-dealkylation sites (tertiary alicyclic amines) is 2. The predicted molar refractivity (Wildman–Crippen MR) is 104 cm³/mol. The number of amides is 3. The van der Waals surface area contributed by atoms with Crippen molar-refractivity contribution < 1.29 is 14.0 Å². The molecule has 1 saturated carbocycles. The van der Waals surface area contributed by atoms with Crippen LogP contribution in [0, 0.1) is 6.92 Å². The number of hydrogen-bond acceptors (Lipinski definition) is 4. The number of aromatic nitrogens is 1. The molecular weight excluding hydrogens is 356 g/mol. The highest BCUT2D eigenvalue weighted by Crippen LogP contribution is 2.32. The summed E-state index contributed by atoms with van der Waals surface area (Å²) in [5.74, 6) is 1.21. The fourth-order valence-electron chi connectivity index (χ4n) is 4.44. The van der Waals surface area contributed by atoms with Gasteiger partial charge in [0.1, 0.15) is 5.52 Å². The highest BCUT2D eigenvalue weighted by Gasteiger charge is 2.40. The van der Waals surface area contributed by atoms with Crippen molar-refractivity contribution in [1.82, 2.24) is 20.1 Å². The van der Waals surface area contributed by atoms with Crippen LogP contribution in [0.2, 0.25) is 0 Å². The van der Waals surface area contributed by atoms with Crippen LogP contribution in [0.1, 0.15) is 49.5 Å². The molecule has 1 aromatic carbocycles. The van der Waals surface area contributed by atoms with Gasteiger partial charge in [-0.3, -0.25) is 4.79 Å². The van der Waals surface area contributed by atoms with E-state index in [2.05, 4.69) is 10.3 Å². The molecule has 148 valence electrons. The zero-order valence-electron chi connectivity index (χ0n) is 16.2. The second kappa shape index (κ2) is 6.79. The summed E-state index contributed by atoms with van der Waals surface area (Å²) >= 11 is 0. The first-order valence-corrected chi connectivity index (χ1v) is 10.3. The molecule has 5 rings (SSSR count). The molecule has 1 aliphatic carbocycles. The number of urea groups is 1. The average Bonchev–Trinajstić information content (AvgIpc) is 3.33. The fraction of sp³-hybridized carbons (Fsp3) is 0.571. The quantitative estimate of drug-likeness (QED) is 0.885. The Morgan fingerprint density at radius 2 is 2.00 bits per heavy atom. The van der Waals surface area contributed by atoms with E-state index in [9.17, 15) is 9.59 Å². The third kappa shape index (κ3) is 3.23. The average molecular weight is 382 g/mol. The molecule has 28 heavy (non-hydrogen) atoms. The van der Waals surface area contributed by atoms with Crippen LogP contribution in [0.15, 0.2) is 22.6 Å². The Hall–Kier alpha value is -2.57. The molecule has 1 unspecified atom stereocenters. The number of fused-ring (bicyclic) bond motifs is 1. The van der Waals surface area contributed by atoms with Crippen LogP contribution in [0.25, 0.3) is 11.1 Å². The van der Waals surface area contributed by atoms with Crippen molar-refractivity contribution in [3.63, 3.8) is 0 Å². The van der Waals surface area contributed by atoms with E-state index >= 15 is 0 Å². The van der Waals surface area contributed by atoms with E-state index in [1.807, 2.05) is 34.9 Å². The Bertz CT molecular complexity index is 912. The lowest BCUT2D eigenvalue weighted by molar-refractivity contribution is -0.128. The second-order valence-corrected chi connectivity index (χ2v) is 8.36. The highest BCUT2D eigenvalue weighted by molar-refractivity contribution is 5.82. The number of carbonyl (C=O) groups is 2. The maximum absolute atomic E-state index is 12.6. The molecule has 0 spiro atoms. The van der Waals surface area contributed by atoms with Crippen molar-refractivity contribution >= 4 is 23.0 Å². The summed E-state index contributed by atoms with van der Waals surface area (Å²) in [7, 11) is 0. The molecule has 0 radical (unpaired) electrons. The Kier molecular flexibility index (Phi) is 4.25. The van der Waals surface area contributed by atoms with E-state index in [-0.39, 0.29) is 23.9 Å². The zero-order chi connectivity index (χ0) is 19.3. The lowest BCUT2D eigenvalue weighted by Gasteiger charge is -2.31. The van der Waals surface area contributed by atoms with E-state index in [0.29, 0.717) is 32.1 Å².